The Morgan fingerprint density at radius 1 is 1.18 bits per heavy atom. The van der Waals surface area contributed by atoms with E-state index in [1.54, 1.807) is 18.3 Å². The summed E-state index contributed by atoms with van der Waals surface area (Å²) in [6.07, 6.45) is 2.45. The van der Waals surface area contributed by atoms with E-state index in [2.05, 4.69) is 56.6 Å². The molecular weight excluding hydrogens is 659 g/mol. The number of aromatic nitrogens is 2. The fraction of sp³-hybridized carbons (Fsp3) is 0.241. The molecule has 7 nitrogen and oxygen atoms in total. The third-order valence-electron chi connectivity index (χ3n) is 6.05. The van der Waals surface area contributed by atoms with E-state index in [1.165, 1.54) is 4.68 Å². The highest BCUT2D eigenvalue weighted by atomic mass is 127. The van der Waals surface area contributed by atoms with Gasteiger partial charge in [-0.15, -0.1) is 0 Å². The highest BCUT2D eigenvalue weighted by Gasteiger charge is 2.17. The predicted octanol–water partition coefficient (Wildman–Crippen LogP) is 7.01. The fourth-order valence-corrected chi connectivity index (χ4v) is 5.02. The molecule has 0 saturated heterocycles. The molecule has 1 heterocycles. The minimum absolute atomic E-state index is 0.0408. The van der Waals surface area contributed by atoms with Crippen LogP contribution < -0.4 is 15.0 Å². The topological polar surface area (TPSA) is 89.5 Å². The third kappa shape index (κ3) is 6.08. The second-order valence-corrected chi connectivity index (χ2v) is 10.7. The fourth-order valence-electron chi connectivity index (χ4n) is 3.87. The minimum atomic E-state index is -0.223. The van der Waals surface area contributed by atoms with Gasteiger partial charge in [0.1, 0.15) is 12.4 Å². The summed E-state index contributed by atoms with van der Waals surface area (Å²) in [5.74, 6) is 1.80. The Labute approximate surface area is 243 Å². The summed E-state index contributed by atoms with van der Waals surface area (Å²) >= 11 is 5.64. The molecule has 4 rings (SSSR count). The van der Waals surface area contributed by atoms with Gasteiger partial charge in [-0.1, -0.05) is 48.0 Å². The molecule has 0 aliphatic carbocycles. The molecular formula is C29H26BrIN4O3. The van der Waals surface area contributed by atoms with E-state index in [1.807, 2.05) is 56.3 Å². The van der Waals surface area contributed by atoms with Crippen LogP contribution in [0.25, 0.3) is 10.9 Å². The molecule has 0 unspecified atom stereocenters. The summed E-state index contributed by atoms with van der Waals surface area (Å²) in [6.45, 7) is 6.67. The average molecular weight is 685 g/mol. The first-order valence-corrected chi connectivity index (χ1v) is 14.1. The van der Waals surface area contributed by atoms with E-state index in [-0.39, 0.29) is 18.1 Å². The molecule has 0 saturated carbocycles. The van der Waals surface area contributed by atoms with Crippen molar-refractivity contribution in [2.45, 2.75) is 39.7 Å². The van der Waals surface area contributed by atoms with Crippen LogP contribution in [-0.2, 0) is 6.61 Å². The van der Waals surface area contributed by atoms with E-state index in [9.17, 15) is 10.1 Å². The van der Waals surface area contributed by atoms with E-state index in [0.717, 1.165) is 25.6 Å². The molecule has 194 valence electrons. The molecule has 9 heteroatoms. The van der Waals surface area contributed by atoms with Crippen LogP contribution in [0.15, 0.2) is 69.0 Å². The molecule has 1 aromatic heterocycles. The highest BCUT2D eigenvalue weighted by Crippen LogP contribution is 2.35. The monoisotopic (exact) mass is 684 g/mol. The number of nitriles is 1. The SMILES string of the molecule is CCOc1cc(C=Nn2c([C@H](C)CC)nc3ccc(Br)cc3c2=O)cc(I)c1OCc1ccccc1C#N. The van der Waals surface area contributed by atoms with Gasteiger partial charge in [0, 0.05) is 16.0 Å². The maximum atomic E-state index is 13.4. The van der Waals surface area contributed by atoms with Gasteiger partial charge in [0.15, 0.2) is 11.5 Å². The van der Waals surface area contributed by atoms with Crippen LogP contribution in [0.3, 0.4) is 0 Å². The first-order valence-electron chi connectivity index (χ1n) is 12.2. The Morgan fingerprint density at radius 3 is 2.71 bits per heavy atom. The maximum Gasteiger partial charge on any atom is 0.282 e. The van der Waals surface area contributed by atoms with Gasteiger partial charge < -0.3 is 9.47 Å². The Hall–Kier alpha value is -3.23. The minimum Gasteiger partial charge on any atom is -0.490 e. The second kappa shape index (κ2) is 12.5. The van der Waals surface area contributed by atoms with Crippen LogP contribution in [0.2, 0.25) is 0 Å². The number of halogens is 2. The second-order valence-electron chi connectivity index (χ2n) is 8.62. The lowest BCUT2D eigenvalue weighted by Gasteiger charge is -2.16. The van der Waals surface area contributed by atoms with Gasteiger partial charge in [0.2, 0.25) is 0 Å². The lowest BCUT2D eigenvalue weighted by molar-refractivity contribution is 0.267. The van der Waals surface area contributed by atoms with Crippen molar-refractivity contribution in [1.82, 2.24) is 9.66 Å². The standard InChI is InChI=1S/C29H26BrIN4O3/c1-4-18(3)28-34-25-11-10-22(30)14-23(25)29(36)35(28)33-16-19-12-24(31)27(26(13-19)37-5-2)38-17-21-9-7-6-8-20(21)15-32/h6-14,16,18H,4-5,17H2,1-3H3/t18-/m1/s1. The van der Waals surface area contributed by atoms with Crippen molar-refractivity contribution in [3.8, 4) is 17.6 Å². The molecule has 4 aromatic rings. The Kier molecular flexibility index (Phi) is 9.17. The average Bonchev–Trinajstić information content (AvgIpc) is 2.92. The van der Waals surface area contributed by atoms with Crippen LogP contribution in [0.1, 0.15) is 55.6 Å². The first kappa shape index (κ1) is 27.8. The highest BCUT2D eigenvalue weighted by molar-refractivity contribution is 14.1. The molecule has 0 radical (unpaired) electrons. The number of benzene rings is 3. The molecule has 1 atom stereocenters. The van der Waals surface area contributed by atoms with Crippen molar-refractivity contribution in [3.05, 3.63) is 95.5 Å². The molecule has 0 bridgehead atoms. The van der Waals surface area contributed by atoms with Crippen molar-refractivity contribution in [2.75, 3.05) is 6.61 Å². The molecule has 0 fully saturated rings. The van der Waals surface area contributed by atoms with E-state index in [4.69, 9.17) is 14.5 Å². The molecule has 0 aliphatic heterocycles. The van der Waals surface area contributed by atoms with Gasteiger partial charge >= 0.3 is 0 Å². The quantitative estimate of drug-likeness (QED) is 0.140. The van der Waals surface area contributed by atoms with Crippen molar-refractivity contribution < 1.29 is 9.47 Å². The van der Waals surface area contributed by atoms with Gasteiger partial charge in [0.25, 0.3) is 5.56 Å². The molecule has 38 heavy (non-hydrogen) atoms. The Balaban J connectivity index is 1.72. The van der Waals surface area contributed by atoms with Crippen molar-refractivity contribution in [2.24, 2.45) is 5.10 Å². The summed E-state index contributed by atoms with van der Waals surface area (Å²) in [6, 6.07) is 18.8. The van der Waals surface area contributed by atoms with Crippen LogP contribution in [0.4, 0.5) is 0 Å². The number of ether oxygens (including phenoxy) is 2. The number of hydrogen-bond donors (Lipinski definition) is 0. The Morgan fingerprint density at radius 2 is 1.97 bits per heavy atom. The van der Waals surface area contributed by atoms with Crippen LogP contribution in [0.5, 0.6) is 11.5 Å². The van der Waals surface area contributed by atoms with Crippen molar-refractivity contribution >= 4 is 55.6 Å². The smallest absolute Gasteiger partial charge is 0.282 e. The molecule has 0 N–H and O–H groups in total. The lowest BCUT2D eigenvalue weighted by atomic mass is 10.1. The van der Waals surface area contributed by atoms with E-state index >= 15 is 0 Å². The number of hydrogen-bond acceptors (Lipinski definition) is 6. The van der Waals surface area contributed by atoms with Crippen LogP contribution in [-0.4, -0.2) is 22.5 Å². The van der Waals surface area contributed by atoms with Crippen molar-refractivity contribution in [3.63, 3.8) is 0 Å². The first-order chi connectivity index (χ1) is 18.4. The Bertz CT molecular complexity index is 1610. The molecule has 3 aromatic carbocycles. The summed E-state index contributed by atoms with van der Waals surface area (Å²) in [5.41, 5.74) is 2.54. The number of nitrogens with zero attached hydrogens (tertiary/aromatic N) is 4. The molecule has 0 spiro atoms. The van der Waals surface area contributed by atoms with Gasteiger partial charge in [-0.3, -0.25) is 4.79 Å². The van der Waals surface area contributed by atoms with Gasteiger partial charge in [-0.25, -0.2) is 4.98 Å². The van der Waals surface area contributed by atoms with Gasteiger partial charge in [-0.2, -0.15) is 15.0 Å². The normalized spacial score (nSPS) is 12.0. The number of fused-ring (bicyclic) bond motifs is 1. The van der Waals surface area contributed by atoms with Crippen LogP contribution >= 0.6 is 38.5 Å². The van der Waals surface area contributed by atoms with E-state index in [0.29, 0.717) is 40.4 Å². The zero-order valence-corrected chi connectivity index (χ0v) is 25.0. The summed E-state index contributed by atoms with van der Waals surface area (Å²) < 4.78 is 15.0. The van der Waals surface area contributed by atoms with Gasteiger partial charge in [-0.05, 0) is 77.9 Å². The maximum absolute atomic E-state index is 13.4. The summed E-state index contributed by atoms with van der Waals surface area (Å²) in [7, 11) is 0. The molecule has 0 aliphatic rings. The zero-order chi connectivity index (χ0) is 27.2. The van der Waals surface area contributed by atoms with Crippen LogP contribution in [0, 0.1) is 14.9 Å². The van der Waals surface area contributed by atoms with Crippen molar-refractivity contribution in [1.29, 1.82) is 5.26 Å². The van der Waals surface area contributed by atoms with Gasteiger partial charge in [0.05, 0.1) is 38.9 Å². The third-order valence-corrected chi connectivity index (χ3v) is 7.34. The largest absolute Gasteiger partial charge is 0.490 e. The summed E-state index contributed by atoms with van der Waals surface area (Å²) in [4.78, 5) is 18.2. The molecule has 0 amide bonds. The summed E-state index contributed by atoms with van der Waals surface area (Å²) in [5, 5.41) is 14.5. The zero-order valence-electron chi connectivity index (χ0n) is 21.2. The number of rotatable bonds is 9. The predicted molar refractivity (Wildman–Crippen MR) is 161 cm³/mol. The lowest BCUT2D eigenvalue weighted by Crippen LogP contribution is -2.23. The van der Waals surface area contributed by atoms with E-state index < -0.39 is 0 Å².